The molecule has 0 bridgehead atoms. The third-order valence-electron chi connectivity index (χ3n) is 2.91. The molecule has 1 amide bonds. The summed E-state index contributed by atoms with van der Waals surface area (Å²) in [5.41, 5.74) is 1.43. The fourth-order valence-corrected chi connectivity index (χ4v) is 2.67. The first-order chi connectivity index (χ1) is 11.0. The van der Waals surface area contributed by atoms with Gasteiger partial charge in [-0.15, -0.1) is 0 Å². The topological polar surface area (TPSA) is 63.2 Å². The van der Waals surface area contributed by atoms with Crippen LogP contribution in [0.4, 0.5) is 5.82 Å². The Balaban J connectivity index is 2.02. The monoisotopic (exact) mass is 441 g/mol. The third kappa shape index (κ3) is 5.14. The van der Waals surface area contributed by atoms with Crippen LogP contribution in [0.3, 0.4) is 0 Å². The van der Waals surface area contributed by atoms with Gasteiger partial charge in [-0.2, -0.15) is 0 Å². The summed E-state index contributed by atoms with van der Waals surface area (Å²) >= 11 is 7.36. The standard InChI is InChI=1S/C16H16IN3O2S/c1-3-22-13-6-4-5-11(8-13)15(21)20-16(23)19-14-10(2)7-12(17)9-18-14/h4-9H,3H2,1-2H3,(H2,18,19,20,21,23). The van der Waals surface area contributed by atoms with Crippen LogP contribution in [0.1, 0.15) is 22.8 Å². The van der Waals surface area contributed by atoms with Gasteiger partial charge in [0.15, 0.2) is 5.11 Å². The van der Waals surface area contributed by atoms with E-state index in [-0.39, 0.29) is 11.0 Å². The Morgan fingerprint density at radius 3 is 2.87 bits per heavy atom. The minimum atomic E-state index is -0.299. The Hall–Kier alpha value is -1.74. The number of hydrogen-bond acceptors (Lipinski definition) is 4. The number of anilines is 1. The third-order valence-corrected chi connectivity index (χ3v) is 3.71. The number of aryl methyl sites for hydroxylation is 1. The lowest BCUT2D eigenvalue weighted by Crippen LogP contribution is -2.34. The molecule has 2 rings (SSSR count). The summed E-state index contributed by atoms with van der Waals surface area (Å²) in [4.78, 5) is 16.5. The molecule has 0 unspecified atom stereocenters. The highest BCUT2D eigenvalue weighted by atomic mass is 127. The van der Waals surface area contributed by atoms with Gasteiger partial charge in [-0.25, -0.2) is 4.98 Å². The van der Waals surface area contributed by atoms with Crippen molar-refractivity contribution in [2.45, 2.75) is 13.8 Å². The maximum atomic E-state index is 12.2. The van der Waals surface area contributed by atoms with Crippen LogP contribution in [-0.4, -0.2) is 22.6 Å². The van der Waals surface area contributed by atoms with Crippen LogP contribution in [0.5, 0.6) is 5.75 Å². The lowest BCUT2D eigenvalue weighted by atomic mass is 10.2. The van der Waals surface area contributed by atoms with Crippen LogP contribution < -0.4 is 15.4 Å². The van der Waals surface area contributed by atoms with E-state index in [1.165, 1.54) is 0 Å². The average molecular weight is 441 g/mol. The second-order valence-corrected chi connectivity index (χ2v) is 6.34. The van der Waals surface area contributed by atoms with Gasteiger partial charge in [0, 0.05) is 15.3 Å². The maximum absolute atomic E-state index is 12.2. The molecule has 0 aliphatic rings. The molecule has 0 fully saturated rings. The van der Waals surface area contributed by atoms with E-state index < -0.39 is 0 Å². The number of pyridine rings is 1. The van der Waals surface area contributed by atoms with Gasteiger partial charge in [0.25, 0.3) is 5.91 Å². The number of thiocarbonyl (C=S) groups is 1. The molecule has 1 heterocycles. The number of ether oxygens (including phenoxy) is 1. The molecule has 0 radical (unpaired) electrons. The Morgan fingerprint density at radius 1 is 1.39 bits per heavy atom. The summed E-state index contributed by atoms with van der Waals surface area (Å²) in [5.74, 6) is 0.972. The maximum Gasteiger partial charge on any atom is 0.257 e. The van der Waals surface area contributed by atoms with E-state index in [0.29, 0.717) is 23.7 Å². The first-order valence-electron chi connectivity index (χ1n) is 6.97. The molecule has 0 saturated carbocycles. The molecule has 0 spiro atoms. The number of carbonyl (C=O) groups excluding carboxylic acids is 1. The first kappa shape index (κ1) is 17.6. The van der Waals surface area contributed by atoms with Gasteiger partial charge in [0.2, 0.25) is 0 Å². The second-order valence-electron chi connectivity index (χ2n) is 4.69. The summed E-state index contributed by atoms with van der Waals surface area (Å²) in [6, 6.07) is 8.92. The van der Waals surface area contributed by atoms with Crippen molar-refractivity contribution in [3.63, 3.8) is 0 Å². The van der Waals surface area contributed by atoms with Crippen molar-refractivity contribution in [2.24, 2.45) is 0 Å². The number of hydrogen-bond donors (Lipinski definition) is 2. The largest absolute Gasteiger partial charge is 0.494 e. The molecule has 23 heavy (non-hydrogen) atoms. The van der Waals surface area contributed by atoms with Crippen LogP contribution in [0, 0.1) is 10.5 Å². The number of rotatable bonds is 4. The molecule has 0 saturated heterocycles. The predicted octanol–water partition coefficient (Wildman–Crippen LogP) is 3.52. The normalized spacial score (nSPS) is 10.0. The molecular weight excluding hydrogens is 425 g/mol. The van der Waals surface area contributed by atoms with Crippen LogP contribution in [0.2, 0.25) is 0 Å². The van der Waals surface area contributed by atoms with Gasteiger partial charge < -0.3 is 10.1 Å². The smallest absolute Gasteiger partial charge is 0.257 e. The van der Waals surface area contributed by atoms with Crippen molar-refractivity contribution in [3.05, 3.63) is 51.2 Å². The molecule has 7 heteroatoms. The summed E-state index contributed by atoms with van der Waals surface area (Å²) in [5, 5.41) is 5.77. The lowest BCUT2D eigenvalue weighted by Gasteiger charge is -2.11. The van der Waals surface area contributed by atoms with Crippen molar-refractivity contribution in [1.82, 2.24) is 10.3 Å². The highest BCUT2D eigenvalue weighted by Crippen LogP contribution is 2.15. The van der Waals surface area contributed by atoms with E-state index in [1.807, 2.05) is 19.9 Å². The van der Waals surface area contributed by atoms with Gasteiger partial charge >= 0.3 is 0 Å². The Bertz CT molecular complexity index is 737. The highest BCUT2D eigenvalue weighted by Gasteiger charge is 2.10. The Kier molecular flexibility index (Phi) is 6.28. The van der Waals surface area contributed by atoms with Crippen LogP contribution in [-0.2, 0) is 0 Å². The van der Waals surface area contributed by atoms with Gasteiger partial charge in [-0.3, -0.25) is 10.1 Å². The number of aromatic nitrogens is 1. The molecule has 0 atom stereocenters. The van der Waals surface area contributed by atoms with E-state index in [9.17, 15) is 4.79 Å². The van der Waals surface area contributed by atoms with Crippen LogP contribution in [0.25, 0.3) is 0 Å². The SMILES string of the molecule is CCOc1cccc(C(=O)NC(=S)Nc2ncc(I)cc2C)c1. The quantitative estimate of drug-likeness (QED) is 0.562. The number of halogens is 1. The van der Waals surface area contributed by atoms with E-state index in [0.717, 1.165) is 9.13 Å². The summed E-state index contributed by atoms with van der Waals surface area (Å²) in [6.07, 6.45) is 1.73. The van der Waals surface area contributed by atoms with Crippen molar-refractivity contribution in [1.29, 1.82) is 0 Å². The summed E-state index contributed by atoms with van der Waals surface area (Å²) in [6.45, 7) is 4.36. The molecule has 5 nitrogen and oxygen atoms in total. The molecule has 0 aliphatic carbocycles. The molecular formula is C16H16IN3O2S. The van der Waals surface area contributed by atoms with E-state index in [2.05, 4.69) is 38.2 Å². The van der Waals surface area contributed by atoms with E-state index >= 15 is 0 Å². The number of nitrogens with one attached hydrogen (secondary N) is 2. The zero-order chi connectivity index (χ0) is 16.8. The minimum Gasteiger partial charge on any atom is -0.494 e. The van der Waals surface area contributed by atoms with Crippen molar-refractivity contribution >= 4 is 51.6 Å². The predicted molar refractivity (Wildman–Crippen MR) is 103 cm³/mol. The lowest BCUT2D eigenvalue weighted by molar-refractivity contribution is 0.0977. The second kappa shape index (κ2) is 8.21. The zero-order valence-electron chi connectivity index (χ0n) is 12.7. The first-order valence-corrected chi connectivity index (χ1v) is 8.45. The molecule has 2 aromatic rings. The Labute approximate surface area is 154 Å². The molecule has 120 valence electrons. The van der Waals surface area contributed by atoms with Crippen LogP contribution >= 0.6 is 34.8 Å². The van der Waals surface area contributed by atoms with Gasteiger partial charge in [-0.1, -0.05) is 6.07 Å². The fourth-order valence-electron chi connectivity index (χ4n) is 1.88. The van der Waals surface area contributed by atoms with Gasteiger partial charge in [0.1, 0.15) is 11.6 Å². The zero-order valence-corrected chi connectivity index (χ0v) is 15.7. The fraction of sp³-hybridized carbons (Fsp3) is 0.188. The van der Waals surface area contributed by atoms with Crippen molar-refractivity contribution < 1.29 is 9.53 Å². The molecule has 1 aromatic carbocycles. The Morgan fingerprint density at radius 2 is 2.17 bits per heavy atom. The molecule has 2 N–H and O–H groups in total. The highest BCUT2D eigenvalue weighted by molar-refractivity contribution is 14.1. The van der Waals surface area contributed by atoms with Crippen LogP contribution in [0.15, 0.2) is 36.5 Å². The molecule has 1 aromatic heterocycles. The number of benzene rings is 1. The number of amides is 1. The van der Waals surface area contributed by atoms with Gasteiger partial charge in [0.05, 0.1) is 6.61 Å². The number of carbonyl (C=O) groups is 1. The van der Waals surface area contributed by atoms with Gasteiger partial charge in [-0.05, 0) is 78.5 Å². The summed E-state index contributed by atoms with van der Waals surface area (Å²) in [7, 11) is 0. The summed E-state index contributed by atoms with van der Waals surface area (Å²) < 4.78 is 6.42. The van der Waals surface area contributed by atoms with Crippen molar-refractivity contribution in [2.75, 3.05) is 11.9 Å². The number of nitrogens with zero attached hydrogens (tertiary/aromatic N) is 1. The average Bonchev–Trinajstić information content (AvgIpc) is 2.51. The molecule has 0 aliphatic heterocycles. The minimum absolute atomic E-state index is 0.202. The van der Waals surface area contributed by atoms with E-state index in [1.54, 1.807) is 30.5 Å². The van der Waals surface area contributed by atoms with Crippen molar-refractivity contribution in [3.8, 4) is 5.75 Å². The van der Waals surface area contributed by atoms with E-state index in [4.69, 9.17) is 17.0 Å².